The lowest BCUT2D eigenvalue weighted by Crippen LogP contribution is -2.11. The maximum Gasteiger partial charge on any atom is 0.416 e. The molecule has 2 heterocycles. The summed E-state index contributed by atoms with van der Waals surface area (Å²) in [5.41, 5.74) is -1.74. The van der Waals surface area contributed by atoms with Crippen LogP contribution >= 0.6 is 11.8 Å². The van der Waals surface area contributed by atoms with E-state index in [1.54, 1.807) is 0 Å². The van der Waals surface area contributed by atoms with Crippen molar-refractivity contribution in [2.75, 3.05) is 0 Å². The number of thioether (sulfide) groups is 1. The van der Waals surface area contributed by atoms with E-state index in [9.17, 15) is 26.3 Å². The largest absolute Gasteiger partial charge is 0.416 e. The Morgan fingerprint density at radius 3 is 2.09 bits per heavy atom. The van der Waals surface area contributed by atoms with Gasteiger partial charge in [0.1, 0.15) is 0 Å². The zero-order chi connectivity index (χ0) is 23.7. The van der Waals surface area contributed by atoms with Crippen LogP contribution in [0, 0.1) is 12.8 Å². The van der Waals surface area contributed by atoms with E-state index in [2.05, 4.69) is 34.0 Å². The number of benzene rings is 1. The first-order valence-corrected chi connectivity index (χ1v) is 10.4. The smallest absolute Gasteiger partial charge is 0.334 e. The Kier molecular flexibility index (Phi) is 6.82. The molecule has 0 fully saturated rings. The van der Waals surface area contributed by atoms with Crippen molar-refractivity contribution >= 4 is 11.8 Å². The van der Waals surface area contributed by atoms with E-state index in [0.29, 0.717) is 23.2 Å². The van der Waals surface area contributed by atoms with Crippen LogP contribution in [0.1, 0.15) is 42.2 Å². The van der Waals surface area contributed by atoms with E-state index >= 15 is 0 Å². The molecular weight excluding hydrogens is 458 g/mol. The van der Waals surface area contributed by atoms with Crippen molar-refractivity contribution < 1.29 is 30.9 Å². The van der Waals surface area contributed by atoms with E-state index < -0.39 is 34.9 Å². The minimum atomic E-state index is -4.97. The van der Waals surface area contributed by atoms with Gasteiger partial charge < -0.3 is 4.52 Å². The summed E-state index contributed by atoms with van der Waals surface area (Å²) in [5.74, 6) is 0.171. The molecule has 5 nitrogen and oxygen atoms in total. The van der Waals surface area contributed by atoms with Gasteiger partial charge in [-0.25, -0.2) is 9.97 Å². The van der Waals surface area contributed by atoms with Gasteiger partial charge in [0.25, 0.3) is 5.89 Å². The lowest BCUT2D eigenvalue weighted by molar-refractivity contribution is -0.143. The molecule has 0 bridgehead atoms. The fourth-order valence-corrected chi connectivity index (χ4v) is 3.59. The van der Waals surface area contributed by atoms with Gasteiger partial charge >= 0.3 is 12.4 Å². The first kappa shape index (κ1) is 24.0. The van der Waals surface area contributed by atoms with Crippen molar-refractivity contribution in [3.8, 4) is 11.5 Å². The SMILES string of the molecule is Cc1cc(CC(C)C)nc(SCc2noc(-c3cc(C(F)(F)F)cc(C(F)(F)F)c3)n2)n1. The average molecular weight is 476 g/mol. The summed E-state index contributed by atoms with van der Waals surface area (Å²) in [7, 11) is 0. The molecule has 2 aromatic heterocycles. The van der Waals surface area contributed by atoms with Crippen LogP contribution in [0.3, 0.4) is 0 Å². The monoisotopic (exact) mass is 476 g/mol. The zero-order valence-corrected chi connectivity index (χ0v) is 18.0. The molecule has 0 amide bonds. The topological polar surface area (TPSA) is 64.7 Å². The van der Waals surface area contributed by atoms with Gasteiger partial charge in [-0.05, 0) is 43.5 Å². The molecule has 0 spiro atoms. The van der Waals surface area contributed by atoms with Crippen LogP contribution in [0.4, 0.5) is 26.3 Å². The molecule has 172 valence electrons. The molecule has 0 N–H and O–H groups in total. The number of hydrogen-bond donors (Lipinski definition) is 0. The summed E-state index contributed by atoms with van der Waals surface area (Å²) >= 11 is 1.19. The van der Waals surface area contributed by atoms with Crippen LogP contribution in [0.5, 0.6) is 0 Å². The van der Waals surface area contributed by atoms with Gasteiger partial charge in [-0.1, -0.05) is 30.8 Å². The predicted octanol–water partition coefficient (Wildman–Crippen LogP) is 6.36. The molecule has 0 aliphatic rings. The van der Waals surface area contributed by atoms with Gasteiger partial charge in [-0.3, -0.25) is 0 Å². The highest BCUT2D eigenvalue weighted by atomic mass is 32.2. The third-order valence-corrected chi connectivity index (χ3v) is 4.98. The maximum absolute atomic E-state index is 13.1. The fourth-order valence-electron chi connectivity index (χ4n) is 2.83. The normalized spacial score (nSPS) is 12.6. The minimum Gasteiger partial charge on any atom is -0.334 e. The van der Waals surface area contributed by atoms with Crippen molar-refractivity contribution in [2.45, 2.75) is 50.5 Å². The summed E-state index contributed by atoms with van der Waals surface area (Å²) in [5, 5.41) is 4.12. The number of hydrogen-bond acceptors (Lipinski definition) is 6. The number of rotatable bonds is 6. The Balaban J connectivity index is 1.83. The van der Waals surface area contributed by atoms with E-state index in [0.717, 1.165) is 17.8 Å². The van der Waals surface area contributed by atoms with E-state index in [4.69, 9.17) is 4.52 Å². The second-order valence-corrected chi connectivity index (χ2v) is 8.42. The zero-order valence-electron chi connectivity index (χ0n) is 17.2. The van der Waals surface area contributed by atoms with Crippen LogP contribution in [0.15, 0.2) is 33.9 Å². The Morgan fingerprint density at radius 2 is 1.53 bits per heavy atom. The molecule has 0 aliphatic carbocycles. The first-order chi connectivity index (χ1) is 14.8. The van der Waals surface area contributed by atoms with Gasteiger partial charge in [0.05, 0.1) is 16.9 Å². The van der Waals surface area contributed by atoms with Crippen LogP contribution in [0.2, 0.25) is 0 Å². The standard InChI is InChI=1S/C20H18F6N4OS/c1-10(2)4-15-5-11(3)27-18(28-15)32-9-16-29-17(31-30-16)12-6-13(19(21,22)23)8-14(7-12)20(24,25)26/h5-8,10H,4,9H2,1-3H3. The Labute approximate surface area is 183 Å². The van der Waals surface area contributed by atoms with Crippen LogP contribution in [0.25, 0.3) is 11.5 Å². The summed E-state index contributed by atoms with van der Waals surface area (Å²) in [6, 6.07) is 3.01. The highest BCUT2D eigenvalue weighted by Crippen LogP contribution is 2.38. The number of alkyl halides is 6. The third kappa shape index (κ3) is 6.21. The van der Waals surface area contributed by atoms with Crippen molar-refractivity contribution in [2.24, 2.45) is 5.92 Å². The van der Waals surface area contributed by atoms with Crippen molar-refractivity contribution in [1.82, 2.24) is 20.1 Å². The first-order valence-electron chi connectivity index (χ1n) is 9.41. The molecule has 3 rings (SSSR count). The second kappa shape index (κ2) is 9.08. The molecular formula is C20H18F6N4OS. The molecule has 0 unspecified atom stereocenters. The minimum absolute atomic E-state index is 0.0421. The summed E-state index contributed by atoms with van der Waals surface area (Å²) in [6.45, 7) is 5.94. The molecule has 0 atom stereocenters. The number of aromatic nitrogens is 4. The summed E-state index contributed by atoms with van der Waals surface area (Å²) in [6.07, 6.45) is -9.17. The van der Waals surface area contributed by atoms with E-state index in [1.807, 2.05) is 13.0 Å². The van der Waals surface area contributed by atoms with Gasteiger partial charge in [0, 0.05) is 17.0 Å². The van der Waals surface area contributed by atoms with Crippen molar-refractivity contribution in [3.63, 3.8) is 0 Å². The van der Waals surface area contributed by atoms with Crippen molar-refractivity contribution in [1.29, 1.82) is 0 Å². The van der Waals surface area contributed by atoms with Crippen LogP contribution < -0.4 is 0 Å². The molecule has 12 heteroatoms. The number of nitrogens with zero attached hydrogens (tertiary/aromatic N) is 4. The van der Waals surface area contributed by atoms with E-state index in [-0.39, 0.29) is 17.6 Å². The molecule has 0 saturated carbocycles. The molecule has 0 aliphatic heterocycles. The van der Waals surface area contributed by atoms with Gasteiger partial charge in [-0.15, -0.1) is 0 Å². The van der Waals surface area contributed by atoms with Gasteiger partial charge in [-0.2, -0.15) is 31.3 Å². The average Bonchev–Trinajstić information content (AvgIpc) is 3.13. The summed E-state index contributed by atoms with van der Waals surface area (Å²) in [4.78, 5) is 12.7. The van der Waals surface area contributed by atoms with Gasteiger partial charge in [0.15, 0.2) is 11.0 Å². The molecule has 0 saturated heterocycles. The lowest BCUT2D eigenvalue weighted by atomic mass is 10.0. The number of aryl methyl sites for hydroxylation is 1. The van der Waals surface area contributed by atoms with E-state index in [1.165, 1.54) is 11.8 Å². The Bertz CT molecular complexity index is 1060. The molecule has 32 heavy (non-hydrogen) atoms. The third-order valence-electron chi connectivity index (χ3n) is 4.14. The predicted molar refractivity (Wildman–Crippen MR) is 105 cm³/mol. The quantitative estimate of drug-likeness (QED) is 0.234. The molecule has 3 aromatic rings. The van der Waals surface area contributed by atoms with Crippen LogP contribution in [-0.2, 0) is 24.5 Å². The van der Waals surface area contributed by atoms with Crippen LogP contribution in [-0.4, -0.2) is 20.1 Å². The lowest BCUT2D eigenvalue weighted by Gasteiger charge is -2.12. The Hall–Kier alpha value is -2.63. The second-order valence-electron chi connectivity index (χ2n) is 7.48. The molecule has 1 aromatic carbocycles. The highest BCUT2D eigenvalue weighted by molar-refractivity contribution is 7.98. The summed E-state index contributed by atoms with van der Waals surface area (Å²) < 4.78 is 83.3. The maximum atomic E-state index is 13.1. The molecule has 0 radical (unpaired) electrons. The number of halogens is 6. The highest BCUT2D eigenvalue weighted by Gasteiger charge is 2.37. The Morgan fingerprint density at radius 1 is 0.906 bits per heavy atom. The van der Waals surface area contributed by atoms with Gasteiger partial charge in [0.2, 0.25) is 0 Å². The van der Waals surface area contributed by atoms with Crippen molar-refractivity contribution in [3.05, 3.63) is 52.6 Å². The fraction of sp³-hybridized carbons (Fsp3) is 0.400.